The molecule has 0 spiro atoms. The molecule has 98 valence electrons. The van der Waals surface area contributed by atoms with E-state index < -0.39 is 60.3 Å². The minimum Gasteiger partial charge on any atom is -0.444 e. The second-order valence-electron chi connectivity index (χ2n) is 4.60. The van der Waals surface area contributed by atoms with Crippen molar-refractivity contribution < 1.29 is 21.9 Å². The Hall–Kier alpha value is -1.03. The van der Waals surface area contributed by atoms with Gasteiger partial charge in [-0.25, -0.2) is 4.79 Å². The van der Waals surface area contributed by atoms with Gasteiger partial charge in [-0.2, -0.15) is 0 Å². The van der Waals surface area contributed by atoms with Crippen LogP contribution in [0.3, 0.4) is 0 Å². The summed E-state index contributed by atoms with van der Waals surface area (Å²) in [5.74, 6) is -2.88. The summed E-state index contributed by atoms with van der Waals surface area (Å²) in [6, 6.07) is -2.63. The van der Waals surface area contributed by atoms with Gasteiger partial charge in [0.05, 0.1) is 11.0 Å². The van der Waals surface area contributed by atoms with Crippen LogP contribution < -0.4 is 0 Å². The lowest BCUT2D eigenvalue weighted by Crippen LogP contribution is -2.50. The van der Waals surface area contributed by atoms with Crippen molar-refractivity contribution in [1.29, 1.82) is 0 Å². The fourth-order valence-electron chi connectivity index (χ4n) is 1.18. The molecule has 1 aromatic rings. The maximum atomic E-state index is 12.3. The first-order valence-corrected chi connectivity index (χ1v) is 6.02. The molecule has 0 aliphatic carbocycles. The Morgan fingerprint density at radius 1 is 1.61 bits per heavy atom. The van der Waals surface area contributed by atoms with Crippen LogP contribution in [0, 0.1) is 0 Å². The molecule has 0 saturated carbocycles. The van der Waals surface area contributed by atoms with Crippen molar-refractivity contribution in [3.05, 3.63) is 34.2 Å². The summed E-state index contributed by atoms with van der Waals surface area (Å²) < 4.78 is 77.5. The van der Waals surface area contributed by atoms with Gasteiger partial charge >= 0.3 is 6.09 Å². The van der Waals surface area contributed by atoms with Gasteiger partial charge < -0.3 is 9.64 Å². The van der Waals surface area contributed by atoms with E-state index in [1.807, 2.05) is 0 Å². The average Bonchev–Trinajstić information content (AvgIpc) is 2.48. The Morgan fingerprint density at radius 3 is 2.89 bits per heavy atom. The van der Waals surface area contributed by atoms with Gasteiger partial charge in [0.2, 0.25) is 0 Å². The molecule has 3 nitrogen and oxygen atoms in total. The normalized spacial score (nSPS) is 30.9. The molecule has 1 saturated heterocycles. The number of hydrogen-bond acceptors (Lipinski definition) is 2. The highest BCUT2D eigenvalue weighted by Crippen LogP contribution is 2.29. The number of halogens is 1. The van der Waals surface area contributed by atoms with Crippen molar-refractivity contribution in [3.8, 4) is 0 Å². The zero-order chi connectivity index (χ0) is 21.3. The Balaban J connectivity index is 2.69. The molecule has 0 radical (unpaired) electrons. The second kappa shape index (κ2) is 4.92. The van der Waals surface area contributed by atoms with Gasteiger partial charge in [0, 0.05) is 24.7 Å². The van der Waals surface area contributed by atoms with Gasteiger partial charge in [0.25, 0.3) is 0 Å². The van der Waals surface area contributed by atoms with E-state index in [2.05, 4.69) is 15.9 Å². The van der Waals surface area contributed by atoms with Gasteiger partial charge in [-0.1, -0.05) is 28.0 Å². The molecule has 1 aromatic carbocycles. The lowest BCUT2D eigenvalue weighted by atomic mass is 9.92. The van der Waals surface area contributed by atoms with Gasteiger partial charge in [0.1, 0.15) is 5.60 Å². The zero-order valence-corrected chi connectivity index (χ0v) is 11.7. The molecule has 4 heteroatoms. The molecular formula is C14H18BrNO2. The van der Waals surface area contributed by atoms with E-state index in [1.165, 1.54) is 20.8 Å². The first-order chi connectivity index (χ1) is 11.9. The summed E-state index contributed by atoms with van der Waals surface area (Å²) >= 11 is 2.91. The van der Waals surface area contributed by atoms with E-state index in [1.54, 1.807) is 0 Å². The zero-order valence-electron chi connectivity index (χ0n) is 19.1. The molecule has 1 fully saturated rings. The number of hydrogen-bond donors (Lipinski definition) is 0. The lowest BCUT2D eigenvalue weighted by Gasteiger charge is -2.40. The third-order valence-corrected chi connectivity index (χ3v) is 2.26. The Morgan fingerprint density at radius 2 is 2.28 bits per heavy atom. The molecule has 18 heavy (non-hydrogen) atoms. The summed E-state index contributed by atoms with van der Waals surface area (Å²) in [7, 11) is 0. The van der Waals surface area contributed by atoms with Crippen molar-refractivity contribution in [3.63, 3.8) is 0 Å². The summed E-state index contributed by atoms with van der Waals surface area (Å²) in [6.07, 6.45) is -1.32. The topological polar surface area (TPSA) is 29.5 Å². The van der Waals surface area contributed by atoms with E-state index >= 15 is 0 Å². The van der Waals surface area contributed by atoms with Gasteiger partial charge in [0.15, 0.2) is 0 Å². The predicted octanol–water partition coefficient (Wildman–Crippen LogP) is 3.78. The number of carbonyl (C=O) groups is 1. The highest BCUT2D eigenvalue weighted by molar-refractivity contribution is 9.10. The third-order valence-electron chi connectivity index (χ3n) is 1.87. The number of likely N-dealkylation sites (tertiary alicyclic amines) is 1. The molecule has 0 unspecified atom stereocenters. The van der Waals surface area contributed by atoms with Crippen molar-refractivity contribution in [2.24, 2.45) is 0 Å². The summed E-state index contributed by atoms with van der Waals surface area (Å²) in [5, 5.41) is 0. The van der Waals surface area contributed by atoms with Crippen LogP contribution in [0.5, 0.6) is 0 Å². The molecule has 1 aliphatic rings. The van der Waals surface area contributed by atoms with Crippen LogP contribution in [0.4, 0.5) is 4.79 Å². The van der Waals surface area contributed by atoms with Gasteiger partial charge in [-0.15, -0.1) is 0 Å². The Bertz CT molecular complexity index is 777. The molecule has 0 N–H and O–H groups in total. The monoisotopic (exact) mass is 320 g/mol. The number of nitrogens with zero attached hydrogens (tertiary/aromatic N) is 1. The van der Waals surface area contributed by atoms with Crippen LogP contribution in [0.25, 0.3) is 0 Å². The Labute approximate surface area is 129 Å². The first kappa shape index (κ1) is 5.95. The van der Waals surface area contributed by atoms with Crippen LogP contribution in [0.2, 0.25) is 0 Å². The second-order valence-corrected chi connectivity index (χ2v) is 5.40. The van der Waals surface area contributed by atoms with Crippen LogP contribution >= 0.6 is 15.9 Å². The highest BCUT2D eigenvalue weighted by Gasteiger charge is 2.34. The Kier molecular flexibility index (Phi) is 1.63. The van der Waals surface area contributed by atoms with Gasteiger partial charge in [-0.05, 0) is 38.4 Å². The molecule has 1 aliphatic heterocycles. The molecule has 2 rings (SSSR count). The number of amides is 1. The number of ether oxygens (including phenoxy) is 1. The van der Waals surface area contributed by atoms with E-state index in [4.69, 9.17) is 17.1 Å². The van der Waals surface area contributed by atoms with Crippen molar-refractivity contribution in [2.45, 2.75) is 32.3 Å². The summed E-state index contributed by atoms with van der Waals surface area (Å²) in [4.78, 5) is 12.4. The number of carbonyl (C=O) groups excluding carboxylic acids is 1. The van der Waals surface area contributed by atoms with E-state index in [0.717, 1.165) is 0 Å². The quantitative estimate of drug-likeness (QED) is 0.788. The molecule has 0 bridgehead atoms. The minimum atomic E-state index is -2.97. The van der Waals surface area contributed by atoms with E-state index in [-0.39, 0.29) is 9.37 Å². The fourth-order valence-corrected chi connectivity index (χ4v) is 1.48. The standard InChI is InChI=1S/C14H18BrNO2/c1-14(2,3)18-13(17)16-8-11(9-16)10-5-4-6-12(15)7-10/h4-7,11H,8-9H2,1-3H3/i4D,5D,6D,7D,8D2,9D2,11D. The largest absolute Gasteiger partial charge is 0.444 e. The molecule has 1 amide bonds. The smallest absolute Gasteiger partial charge is 0.410 e. The molecular weight excluding hydrogens is 294 g/mol. The fraction of sp³-hybridized carbons (Fsp3) is 0.500. The van der Waals surface area contributed by atoms with Crippen molar-refractivity contribution >= 4 is 22.0 Å². The lowest BCUT2D eigenvalue weighted by molar-refractivity contribution is 0.00819. The van der Waals surface area contributed by atoms with E-state index in [9.17, 15) is 4.79 Å². The third kappa shape index (κ3) is 3.25. The number of rotatable bonds is 1. The highest BCUT2D eigenvalue weighted by atomic mass is 79.9. The summed E-state index contributed by atoms with van der Waals surface area (Å²) in [5.41, 5.74) is -1.75. The predicted molar refractivity (Wildman–Crippen MR) is 74.7 cm³/mol. The van der Waals surface area contributed by atoms with Crippen molar-refractivity contribution in [2.75, 3.05) is 13.0 Å². The molecule has 0 aromatic heterocycles. The SMILES string of the molecule is [2H]c1c([2H])c(Br)c([2H])c(C2([2H])C([2H])([2H])N(C(=O)OC(C)(C)C)C2([2H])[2H])c1[2H]. The minimum absolute atomic E-state index is 0.128. The van der Waals surface area contributed by atoms with Gasteiger partial charge in [-0.3, -0.25) is 0 Å². The summed E-state index contributed by atoms with van der Waals surface area (Å²) in [6.45, 7) is -1.39. The van der Waals surface area contributed by atoms with Crippen LogP contribution in [0.15, 0.2) is 28.6 Å². The number of benzene rings is 1. The maximum absolute atomic E-state index is 12.3. The first-order valence-electron chi connectivity index (χ1n) is 9.72. The average molecular weight is 321 g/mol. The maximum Gasteiger partial charge on any atom is 0.410 e. The van der Waals surface area contributed by atoms with Crippen LogP contribution in [0.1, 0.15) is 44.6 Å². The van der Waals surface area contributed by atoms with Crippen molar-refractivity contribution in [1.82, 2.24) is 4.90 Å². The van der Waals surface area contributed by atoms with E-state index in [0.29, 0.717) is 0 Å². The van der Waals surface area contributed by atoms with Crippen LogP contribution in [-0.2, 0) is 4.74 Å². The molecule has 1 heterocycles. The van der Waals surface area contributed by atoms with Crippen LogP contribution in [-0.4, -0.2) is 29.6 Å². The molecule has 0 atom stereocenters.